The van der Waals surface area contributed by atoms with Gasteiger partial charge in [0.1, 0.15) is 0 Å². The van der Waals surface area contributed by atoms with Crippen LogP contribution >= 0.6 is 0 Å². The summed E-state index contributed by atoms with van der Waals surface area (Å²) in [6.45, 7) is 9.23. The van der Waals surface area contributed by atoms with Gasteiger partial charge in [0.15, 0.2) is 0 Å². The van der Waals surface area contributed by atoms with E-state index in [0.29, 0.717) is 18.4 Å². The van der Waals surface area contributed by atoms with Gasteiger partial charge < -0.3 is 15.3 Å². The summed E-state index contributed by atoms with van der Waals surface area (Å²) in [5.41, 5.74) is 0.255. The Labute approximate surface area is 150 Å². The fraction of sp³-hybridized carbons (Fsp3) is 0.700. The minimum absolute atomic E-state index is 0.0924. The molecular weight excluding hydrogens is 320 g/mol. The molecule has 0 aromatic heterocycles. The average Bonchev–Trinajstić information content (AvgIpc) is 2.79. The first-order chi connectivity index (χ1) is 11.4. The van der Waals surface area contributed by atoms with Gasteiger partial charge in [0.25, 0.3) is 0 Å². The van der Waals surface area contributed by atoms with E-state index in [1.165, 1.54) is 6.08 Å². The average molecular weight is 352 g/mol. The monoisotopic (exact) mass is 352 g/mol. The Hall–Kier alpha value is -1.62. The van der Waals surface area contributed by atoms with Gasteiger partial charge >= 0.3 is 11.9 Å². The number of aliphatic carboxylic acids is 2. The van der Waals surface area contributed by atoms with Crippen molar-refractivity contribution >= 4 is 11.9 Å². The van der Waals surface area contributed by atoms with Crippen LogP contribution < -0.4 is 0 Å². The maximum atomic E-state index is 11.1. The van der Waals surface area contributed by atoms with Crippen LogP contribution in [0.2, 0.25) is 0 Å². The van der Waals surface area contributed by atoms with Gasteiger partial charge in [-0.1, -0.05) is 18.6 Å². The van der Waals surface area contributed by atoms with Crippen LogP contribution in [-0.4, -0.2) is 32.9 Å². The smallest absolute Gasteiger partial charge is 0.330 e. The van der Waals surface area contributed by atoms with Crippen LogP contribution in [0.3, 0.4) is 0 Å². The molecule has 1 fully saturated rings. The molecule has 0 saturated heterocycles. The summed E-state index contributed by atoms with van der Waals surface area (Å²) in [6, 6.07) is 0. The van der Waals surface area contributed by atoms with Gasteiger partial charge in [-0.3, -0.25) is 0 Å². The SMILES string of the molecule is C/C(=C\C(=O)O)CC[C@@H]1C(C(C)(C)O)CC[C@@]1(C)C/C=C(\C)C(=O)O. The van der Waals surface area contributed by atoms with E-state index in [9.17, 15) is 14.7 Å². The molecule has 0 radical (unpaired) electrons. The van der Waals surface area contributed by atoms with Crippen molar-refractivity contribution in [2.75, 3.05) is 0 Å². The first-order valence-corrected chi connectivity index (χ1v) is 8.89. The lowest BCUT2D eigenvalue weighted by atomic mass is 9.68. The third-order valence-electron chi connectivity index (χ3n) is 5.75. The lowest BCUT2D eigenvalue weighted by molar-refractivity contribution is -0.133. The zero-order valence-corrected chi connectivity index (χ0v) is 16.0. The van der Waals surface area contributed by atoms with Crippen molar-refractivity contribution in [3.63, 3.8) is 0 Å². The number of carbonyl (C=O) groups is 2. The molecule has 0 amide bonds. The van der Waals surface area contributed by atoms with Gasteiger partial charge in [-0.25, -0.2) is 9.59 Å². The van der Waals surface area contributed by atoms with Crippen LogP contribution in [0.1, 0.15) is 66.7 Å². The van der Waals surface area contributed by atoms with E-state index in [1.807, 2.05) is 20.8 Å². The summed E-state index contributed by atoms with van der Waals surface area (Å²) in [4.78, 5) is 21.9. The third-order valence-corrected chi connectivity index (χ3v) is 5.75. The van der Waals surface area contributed by atoms with Crippen molar-refractivity contribution in [3.05, 3.63) is 23.3 Å². The molecule has 5 nitrogen and oxygen atoms in total. The number of aliphatic hydroxyl groups is 1. The number of hydrogen-bond acceptors (Lipinski definition) is 3. The van der Waals surface area contributed by atoms with Crippen molar-refractivity contribution in [2.24, 2.45) is 17.3 Å². The van der Waals surface area contributed by atoms with Gasteiger partial charge in [-0.2, -0.15) is 0 Å². The quantitative estimate of drug-likeness (QED) is 0.574. The molecule has 0 heterocycles. The van der Waals surface area contributed by atoms with Crippen molar-refractivity contribution in [2.45, 2.75) is 72.3 Å². The maximum Gasteiger partial charge on any atom is 0.330 e. The Kier molecular flexibility index (Phi) is 7.00. The van der Waals surface area contributed by atoms with Crippen LogP contribution in [0.25, 0.3) is 0 Å². The lowest BCUT2D eigenvalue weighted by Gasteiger charge is -2.38. The summed E-state index contributed by atoms with van der Waals surface area (Å²) >= 11 is 0. The fourth-order valence-corrected chi connectivity index (χ4v) is 4.15. The molecule has 25 heavy (non-hydrogen) atoms. The van der Waals surface area contributed by atoms with E-state index in [4.69, 9.17) is 10.2 Å². The Bertz CT molecular complexity index is 567. The minimum Gasteiger partial charge on any atom is -0.478 e. The van der Waals surface area contributed by atoms with Gasteiger partial charge in [0.05, 0.1) is 5.60 Å². The zero-order valence-electron chi connectivity index (χ0n) is 16.0. The van der Waals surface area contributed by atoms with E-state index in [1.54, 1.807) is 13.0 Å². The largest absolute Gasteiger partial charge is 0.478 e. The van der Waals surface area contributed by atoms with Gasteiger partial charge in [0.2, 0.25) is 0 Å². The molecule has 1 saturated carbocycles. The second-order valence-corrected chi connectivity index (χ2v) is 8.32. The van der Waals surface area contributed by atoms with Crippen LogP contribution in [0, 0.1) is 17.3 Å². The van der Waals surface area contributed by atoms with Crippen LogP contribution in [0.4, 0.5) is 0 Å². The molecule has 142 valence electrons. The minimum atomic E-state index is -0.939. The highest BCUT2D eigenvalue weighted by Crippen LogP contribution is 2.54. The van der Waals surface area contributed by atoms with Crippen molar-refractivity contribution in [1.29, 1.82) is 0 Å². The van der Waals surface area contributed by atoms with E-state index >= 15 is 0 Å². The number of hydrogen-bond donors (Lipinski definition) is 3. The second kappa shape index (κ2) is 8.17. The number of carboxylic acids is 2. The number of carboxylic acid groups (broad SMARTS) is 2. The van der Waals surface area contributed by atoms with Crippen LogP contribution in [0.15, 0.2) is 23.3 Å². The van der Waals surface area contributed by atoms with Crippen LogP contribution in [0.5, 0.6) is 0 Å². The molecule has 0 spiro atoms. The van der Waals surface area contributed by atoms with Crippen LogP contribution in [-0.2, 0) is 9.59 Å². The summed E-state index contributed by atoms with van der Waals surface area (Å²) in [6.07, 6.45) is 6.96. The van der Waals surface area contributed by atoms with Gasteiger partial charge in [-0.15, -0.1) is 0 Å². The molecule has 0 aliphatic heterocycles. The highest BCUT2D eigenvalue weighted by Gasteiger charge is 2.48. The topological polar surface area (TPSA) is 94.8 Å². The molecule has 1 unspecified atom stereocenters. The van der Waals surface area contributed by atoms with E-state index in [0.717, 1.165) is 24.8 Å². The molecule has 1 aliphatic carbocycles. The molecule has 1 aliphatic rings. The molecule has 3 N–H and O–H groups in total. The Morgan fingerprint density at radius 1 is 1.24 bits per heavy atom. The standard InChI is InChI=1S/C20H32O5/c1-13(12-17(21)22)6-7-16-15(19(3,4)25)9-11-20(16,5)10-8-14(2)18(23)24/h8,12,15-16,25H,6-7,9-11H2,1-5H3,(H,21,22)(H,23,24)/b13-12+,14-8+/t15?,16-,20-/m1/s1. The second-order valence-electron chi connectivity index (χ2n) is 8.32. The van der Waals surface area contributed by atoms with E-state index in [2.05, 4.69) is 6.92 Å². The number of allylic oxidation sites excluding steroid dienone is 2. The van der Waals surface area contributed by atoms with Gasteiger partial charge in [-0.05, 0) is 77.0 Å². The predicted octanol–water partition coefficient (Wildman–Crippen LogP) is 4.02. The zero-order chi connectivity index (χ0) is 19.4. The molecule has 0 bridgehead atoms. The predicted molar refractivity (Wildman–Crippen MR) is 97.3 cm³/mol. The first kappa shape index (κ1) is 21.4. The van der Waals surface area contributed by atoms with Crippen molar-refractivity contribution < 1.29 is 24.9 Å². The summed E-state index contributed by atoms with van der Waals surface area (Å²) in [5, 5.41) is 28.5. The first-order valence-electron chi connectivity index (χ1n) is 8.89. The Morgan fingerprint density at radius 3 is 2.32 bits per heavy atom. The fourth-order valence-electron chi connectivity index (χ4n) is 4.15. The highest BCUT2D eigenvalue weighted by atomic mass is 16.4. The molecule has 3 atom stereocenters. The summed E-state index contributed by atoms with van der Waals surface area (Å²) in [7, 11) is 0. The van der Waals surface area contributed by atoms with Crippen molar-refractivity contribution in [3.8, 4) is 0 Å². The molecule has 1 rings (SSSR count). The van der Waals surface area contributed by atoms with Gasteiger partial charge in [0, 0.05) is 11.6 Å². The Morgan fingerprint density at radius 2 is 1.84 bits per heavy atom. The molecular formula is C20H32O5. The lowest BCUT2D eigenvalue weighted by Crippen LogP contribution is -2.37. The molecule has 5 heteroatoms. The normalized spacial score (nSPS) is 28.2. The van der Waals surface area contributed by atoms with Crippen molar-refractivity contribution in [1.82, 2.24) is 0 Å². The maximum absolute atomic E-state index is 11.1. The third kappa shape index (κ3) is 5.99. The molecule has 0 aromatic rings. The number of rotatable bonds is 8. The summed E-state index contributed by atoms with van der Waals surface area (Å²) in [5.74, 6) is -1.51. The van der Waals surface area contributed by atoms with E-state index < -0.39 is 17.5 Å². The van der Waals surface area contributed by atoms with E-state index in [-0.39, 0.29) is 17.3 Å². The highest BCUT2D eigenvalue weighted by molar-refractivity contribution is 5.85. The Balaban J connectivity index is 3.00. The molecule has 0 aromatic carbocycles. The summed E-state index contributed by atoms with van der Waals surface area (Å²) < 4.78 is 0.